The van der Waals surface area contributed by atoms with Crippen LogP contribution in [0.15, 0.2) is 48.5 Å². The lowest BCUT2D eigenvalue weighted by molar-refractivity contribution is -0.274. The van der Waals surface area contributed by atoms with Gasteiger partial charge in [0.15, 0.2) is 0 Å². The van der Waals surface area contributed by atoms with Crippen molar-refractivity contribution >= 4 is 29.0 Å². The highest BCUT2D eigenvalue weighted by Crippen LogP contribution is 2.34. The zero-order valence-electron chi connectivity index (χ0n) is 13.9. The first-order chi connectivity index (χ1) is 13.2. The second kappa shape index (κ2) is 7.58. The summed E-state index contributed by atoms with van der Waals surface area (Å²) in [5.74, 6) is -0.391. The fraction of sp³-hybridized carbons (Fsp3) is 0.0526. The lowest BCUT2D eigenvalue weighted by Gasteiger charge is -2.12. The molecule has 0 saturated heterocycles. The third-order valence-corrected chi connectivity index (χ3v) is 4.51. The Morgan fingerprint density at radius 1 is 0.964 bits per heavy atom. The highest BCUT2D eigenvalue weighted by atomic mass is 35.5. The van der Waals surface area contributed by atoms with Gasteiger partial charge in [-0.15, -0.1) is 13.2 Å². The molecule has 0 aliphatic carbocycles. The van der Waals surface area contributed by atoms with Gasteiger partial charge in [0.1, 0.15) is 23.2 Å². The van der Waals surface area contributed by atoms with Gasteiger partial charge in [0.05, 0.1) is 15.7 Å². The Morgan fingerprint density at radius 2 is 1.61 bits per heavy atom. The minimum absolute atomic E-state index is 0.0170. The number of nitrogens with zero attached hydrogens (tertiary/aromatic N) is 2. The molecule has 0 saturated carbocycles. The van der Waals surface area contributed by atoms with Crippen LogP contribution in [0.5, 0.6) is 5.75 Å². The summed E-state index contributed by atoms with van der Waals surface area (Å²) in [5.41, 5.74) is 7.96. The van der Waals surface area contributed by atoms with E-state index in [9.17, 15) is 18.4 Å². The number of alkyl halides is 3. The molecular formula is C19H10Cl2F3N3O. The molecule has 0 atom stereocenters. The van der Waals surface area contributed by atoms with E-state index in [2.05, 4.69) is 9.72 Å². The summed E-state index contributed by atoms with van der Waals surface area (Å²) in [4.78, 5) is 4.22. The standard InChI is InChI=1S/C19H10Cl2F3N3O/c20-15-6-3-11(7-16(15)21)17-8-13(14(9-25)18(26)27-17)10-1-4-12(5-2-10)28-19(22,23)24/h1-8H,(H2,26,27). The van der Waals surface area contributed by atoms with Crippen LogP contribution in [-0.4, -0.2) is 11.3 Å². The molecule has 9 heteroatoms. The largest absolute Gasteiger partial charge is 0.573 e. The number of halogens is 5. The van der Waals surface area contributed by atoms with E-state index in [1.54, 1.807) is 24.3 Å². The van der Waals surface area contributed by atoms with Crippen LogP contribution >= 0.6 is 23.2 Å². The Labute approximate surface area is 167 Å². The van der Waals surface area contributed by atoms with Gasteiger partial charge in [-0.3, -0.25) is 0 Å². The summed E-state index contributed by atoms with van der Waals surface area (Å²) in [6.07, 6.45) is -4.79. The molecule has 2 aromatic carbocycles. The zero-order valence-corrected chi connectivity index (χ0v) is 15.4. The Kier molecular flexibility index (Phi) is 5.36. The molecule has 0 aliphatic rings. The van der Waals surface area contributed by atoms with E-state index in [0.29, 0.717) is 32.4 Å². The molecule has 1 heterocycles. The second-order valence-corrected chi connectivity index (χ2v) is 6.44. The monoisotopic (exact) mass is 423 g/mol. The third kappa shape index (κ3) is 4.30. The van der Waals surface area contributed by atoms with Gasteiger partial charge in [0, 0.05) is 11.1 Å². The molecule has 0 spiro atoms. The smallest absolute Gasteiger partial charge is 0.406 e. The van der Waals surface area contributed by atoms with E-state index < -0.39 is 6.36 Å². The lowest BCUT2D eigenvalue weighted by Crippen LogP contribution is -2.16. The first kappa shape index (κ1) is 19.8. The van der Waals surface area contributed by atoms with Gasteiger partial charge in [0.25, 0.3) is 0 Å². The van der Waals surface area contributed by atoms with Crippen LogP contribution < -0.4 is 10.5 Å². The van der Waals surface area contributed by atoms with Crippen molar-refractivity contribution in [2.24, 2.45) is 0 Å². The Bertz CT molecular complexity index is 1080. The first-order valence-electron chi connectivity index (χ1n) is 7.70. The van der Waals surface area contributed by atoms with E-state index in [1.165, 1.54) is 12.1 Å². The molecule has 3 rings (SSSR count). The highest BCUT2D eigenvalue weighted by Gasteiger charge is 2.31. The van der Waals surface area contributed by atoms with Crippen LogP contribution in [0.4, 0.5) is 19.0 Å². The van der Waals surface area contributed by atoms with Gasteiger partial charge >= 0.3 is 6.36 Å². The predicted octanol–water partition coefficient (Wildman–Crippen LogP) is 6.07. The molecule has 0 aliphatic heterocycles. The molecule has 2 N–H and O–H groups in total. The number of hydrogen-bond acceptors (Lipinski definition) is 4. The molecule has 0 amide bonds. The van der Waals surface area contributed by atoms with Crippen molar-refractivity contribution in [2.75, 3.05) is 5.73 Å². The summed E-state index contributed by atoms with van der Waals surface area (Å²) in [6.45, 7) is 0. The molecule has 142 valence electrons. The number of benzene rings is 2. The number of aromatic nitrogens is 1. The number of pyridine rings is 1. The quantitative estimate of drug-likeness (QED) is 0.554. The van der Waals surface area contributed by atoms with Gasteiger partial charge in [-0.2, -0.15) is 5.26 Å². The van der Waals surface area contributed by atoms with Crippen molar-refractivity contribution in [3.05, 3.63) is 64.1 Å². The summed E-state index contributed by atoms with van der Waals surface area (Å²) >= 11 is 12.0. The average molecular weight is 424 g/mol. The second-order valence-electron chi connectivity index (χ2n) is 5.63. The molecule has 0 bridgehead atoms. The fourth-order valence-corrected chi connectivity index (χ4v) is 2.85. The minimum Gasteiger partial charge on any atom is -0.406 e. The Balaban J connectivity index is 2.08. The van der Waals surface area contributed by atoms with Crippen molar-refractivity contribution in [3.8, 4) is 34.2 Å². The first-order valence-corrected chi connectivity index (χ1v) is 8.46. The van der Waals surface area contributed by atoms with Crippen LogP contribution in [0.25, 0.3) is 22.4 Å². The van der Waals surface area contributed by atoms with Crippen LogP contribution in [0.3, 0.4) is 0 Å². The van der Waals surface area contributed by atoms with E-state index in [1.807, 2.05) is 6.07 Å². The van der Waals surface area contributed by atoms with E-state index >= 15 is 0 Å². The van der Waals surface area contributed by atoms with E-state index in [0.717, 1.165) is 12.1 Å². The lowest BCUT2D eigenvalue weighted by atomic mass is 9.98. The van der Waals surface area contributed by atoms with Gasteiger partial charge < -0.3 is 10.5 Å². The number of ether oxygens (including phenoxy) is 1. The number of nitrogens with two attached hydrogens (primary N) is 1. The van der Waals surface area contributed by atoms with Crippen LogP contribution in [0.2, 0.25) is 10.0 Å². The van der Waals surface area contributed by atoms with Crippen LogP contribution in [0, 0.1) is 11.3 Å². The molecule has 0 fully saturated rings. The summed E-state index contributed by atoms with van der Waals surface area (Å²) in [5, 5.41) is 10.1. The van der Waals surface area contributed by atoms with Gasteiger partial charge in [-0.1, -0.05) is 41.4 Å². The molecule has 28 heavy (non-hydrogen) atoms. The molecular weight excluding hydrogens is 414 g/mol. The molecule has 4 nitrogen and oxygen atoms in total. The number of nitriles is 1. The van der Waals surface area contributed by atoms with Gasteiger partial charge in [-0.05, 0) is 35.9 Å². The molecule has 3 aromatic rings. The molecule has 1 aromatic heterocycles. The normalized spacial score (nSPS) is 11.1. The molecule has 0 radical (unpaired) electrons. The Morgan fingerprint density at radius 3 is 2.18 bits per heavy atom. The number of rotatable bonds is 3. The van der Waals surface area contributed by atoms with Crippen molar-refractivity contribution in [1.82, 2.24) is 4.98 Å². The van der Waals surface area contributed by atoms with E-state index in [4.69, 9.17) is 28.9 Å². The third-order valence-electron chi connectivity index (χ3n) is 3.77. The fourth-order valence-electron chi connectivity index (χ4n) is 2.55. The van der Waals surface area contributed by atoms with Crippen LogP contribution in [0.1, 0.15) is 5.56 Å². The number of hydrogen-bond donors (Lipinski definition) is 1. The Hall–Kier alpha value is -2.95. The van der Waals surface area contributed by atoms with Crippen molar-refractivity contribution < 1.29 is 17.9 Å². The zero-order chi connectivity index (χ0) is 20.5. The maximum Gasteiger partial charge on any atom is 0.573 e. The number of nitrogen functional groups attached to an aromatic ring is 1. The number of anilines is 1. The molecule has 0 unspecified atom stereocenters. The SMILES string of the molecule is N#Cc1c(-c2ccc(OC(F)(F)F)cc2)cc(-c2ccc(Cl)c(Cl)c2)nc1N. The topological polar surface area (TPSA) is 71.9 Å². The summed E-state index contributed by atoms with van der Waals surface area (Å²) in [6, 6.07) is 13.6. The van der Waals surface area contributed by atoms with Crippen LogP contribution in [-0.2, 0) is 0 Å². The van der Waals surface area contributed by atoms with Gasteiger partial charge in [0.2, 0.25) is 0 Å². The van der Waals surface area contributed by atoms with Crippen molar-refractivity contribution in [2.45, 2.75) is 6.36 Å². The van der Waals surface area contributed by atoms with Crippen molar-refractivity contribution in [1.29, 1.82) is 5.26 Å². The average Bonchev–Trinajstić information content (AvgIpc) is 2.62. The van der Waals surface area contributed by atoms with Crippen molar-refractivity contribution in [3.63, 3.8) is 0 Å². The highest BCUT2D eigenvalue weighted by molar-refractivity contribution is 6.42. The van der Waals surface area contributed by atoms with Gasteiger partial charge in [-0.25, -0.2) is 4.98 Å². The predicted molar refractivity (Wildman–Crippen MR) is 101 cm³/mol. The maximum atomic E-state index is 12.3. The maximum absolute atomic E-state index is 12.3. The minimum atomic E-state index is -4.79. The van der Waals surface area contributed by atoms with E-state index in [-0.39, 0.29) is 17.1 Å². The summed E-state index contributed by atoms with van der Waals surface area (Å²) < 4.78 is 40.8. The summed E-state index contributed by atoms with van der Waals surface area (Å²) in [7, 11) is 0.